The molecule has 0 heterocycles. The van der Waals surface area contributed by atoms with Crippen molar-refractivity contribution in [2.24, 2.45) is 5.73 Å². The molecule has 6 heteroatoms. The van der Waals surface area contributed by atoms with Crippen LogP contribution >= 0.6 is 0 Å². The van der Waals surface area contributed by atoms with Gasteiger partial charge in [-0.15, -0.1) is 0 Å². The molecule has 0 fully saturated rings. The average molecular weight is 345 g/mol. The van der Waals surface area contributed by atoms with Crippen molar-refractivity contribution in [3.8, 4) is 17.2 Å². The average Bonchev–Trinajstić information content (AvgIpc) is 2.66. The quantitative estimate of drug-likeness (QED) is 0.740. The van der Waals surface area contributed by atoms with Crippen LogP contribution in [0.15, 0.2) is 42.5 Å². The van der Waals surface area contributed by atoms with Crippen LogP contribution in [0.3, 0.4) is 0 Å². The maximum atomic E-state index is 11.6. The fourth-order valence-corrected chi connectivity index (χ4v) is 2.40. The van der Waals surface area contributed by atoms with Crippen LogP contribution in [0.25, 0.3) is 0 Å². The normalized spacial score (nSPS) is 11.5. The topological polar surface area (TPSA) is 80.0 Å². The van der Waals surface area contributed by atoms with Gasteiger partial charge in [0.15, 0.2) is 11.5 Å². The highest BCUT2D eigenvalue weighted by Crippen LogP contribution is 2.35. The van der Waals surface area contributed by atoms with Crippen molar-refractivity contribution >= 4 is 5.97 Å². The lowest BCUT2D eigenvalue weighted by molar-refractivity contribution is -0.142. The van der Waals surface area contributed by atoms with E-state index in [0.717, 1.165) is 11.1 Å². The van der Waals surface area contributed by atoms with Crippen LogP contribution in [0.4, 0.5) is 0 Å². The number of methoxy groups -OCH3 is 3. The number of nitrogens with two attached hydrogens (primary N) is 1. The van der Waals surface area contributed by atoms with Gasteiger partial charge in [0.2, 0.25) is 0 Å². The van der Waals surface area contributed by atoms with Crippen LogP contribution in [-0.4, -0.2) is 33.3 Å². The van der Waals surface area contributed by atoms with Gasteiger partial charge in [-0.3, -0.25) is 4.79 Å². The summed E-state index contributed by atoms with van der Waals surface area (Å²) in [7, 11) is 4.41. The molecule has 0 amide bonds. The van der Waals surface area contributed by atoms with E-state index < -0.39 is 12.0 Å². The first-order chi connectivity index (χ1) is 12.1. The molecule has 0 aliphatic carbocycles. The molecule has 0 saturated carbocycles. The van der Waals surface area contributed by atoms with Gasteiger partial charge in [-0.1, -0.05) is 30.3 Å². The lowest BCUT2D eigenvalue weighted by atomic mass is 10.0. The Morgan fingerprint density at radius 2 is 1.64 bits per heavy atom. The Labute approximate surface area is 147 Å². The standard InChI is InChI=1S/C19H23NO5/c1-22-17-10-14(9-15(20)19(21)24-3)16(11-18(17)23-2)25-12-13-7-5-4-6-8-13/h4-8,10-11,15H,9,12,20H2,1-3H3. The predicted molar refractivity (Wildman–Crippen MR) is 94.0 cm³/mol. The number of hydrogen-bond donors (Lipinski definition) is 1. The summed E-state index contributed by atoms with van der Waals surface area (Å²) in [5.74, 6) is 1.19. The first-order valence-electron chi connectivity index (χ1n) is 7.84. The van der Waals surface area contributed by atoms with Gasteiger partial charge >= 0.3 is 5.97 Å². The highest BCUT2D eigenvalue weighted by atomic mass is 16.5. The first kappa shape index (κ1) is 18.6. The Bertz CT molecular complexity index is 702. The number of ether oxygens (including phenoxy) is 4. The van der Waals surface area contributed by atoms with Gasteiger partial charge in [0, 0.05) is 18.1 Å². The molecule has 134 valence electrons. The first-order valence-corrected chi connectivity index (χ1v) is 7.84. The van der Waals surface area contributed by atoms with Crippen molar-refractivity contribution in [3.05, 3.63) is 53.6 Å². The van der Waals surface area contributed by atoms with Crippen molar-refractivity contribution in [1.82, 2.24) is 0 Å². The second kappa shape index (κ2) is 8.94. The SMILES string of the molecule is COC(=O)C(N)Cc1cc(OC)c(OC)cc1OCc1ccccc1. The molecule has 1 unspecified atom stereocenters. The Hall–Kier alpha value is -2.73. The van der Waals surface area contributed by atoms with E-state index in [1.807, 2.05) is 30.3 Å². The predicted octanol–water partition coefficient (Wildman–Crippen LogP) is 2.33. The van der Waals surface area contributed by atoms with Gasteiger partial charge in [-0.05, 0) is 11.6 Å². The number of rotatable bonds is 8. The Balaban J connectivity index is 2.28. The molecule has 0 saturated heterocycles. The van der Waals surface area contributed by atoms with Gasteiger partial charge < -0.3 is 24.7 Å². The minimum Gasteiger partial charge on any atom is -0.493 e. The van der Waals surface area contributed by atoms with Crippen LogP contribution in [0.2, 0.25) is 0 Å². The molecule has 0 aliphatic rings. The summed E-state index contributed by atoms with van der Waals surface area (Å²) in [6.07, 6.45) is 0.261. The fourth-order valence-electron chi connectivity index (χ4n) is 2.40. The summed E-state index contributed by atoms with van der Waals surface area (Å²) < 4.78 is 21.3. The van der Waals surface area contributed by atoms with Crippen LogP contribution in [-0.2, 0) is 22.6 Å². The highest BCUT2D eigenvalue weighted by molar-refractivity contribution is 5.76. The van der Waals surface area contributed by atoms with E-state index in [1.54, 1.807) is 26.4 Å². The molecule has 0 aliphatic heterocycles. The monoisotopic (exact) mass is 345 g/mol. The molecule has 0 bridgehead atoms. The highest BCUT2D eigenvalue weighted by Gasteiger charge is 2.19. The Morgan fingerprint density at radius 1 is 1.00 bits per heavy atom. The third kappa shape index (κ3) is 4.87. The van der Waals surface area contributed by atoms with Crippen molar-refractivity contribution in [2.75, 3.05) is 21.3 Å². The summed E-state index contributed by atoms with van der Waals surface area (Å²) in [5.41, 5.74) is 7.67. The van der Waals surface area contributed by atoms with Crippen molar-refractivity contribution < 1.29 is 23.7 Å². The summed E-state index contributed by atoms with van der Waals surface area (Å²) in [6, 6.07) is 12.5. The second-order valence-corrected chi connectivity index (χ2v) is 5.42. The molecular formula is C19H23NO5. The molecular weight excluding hydrogens is 322 g/mol. The van der Waals surface area contributed by atoms with E-state index in [4.69, 9.17) is 24.7 Å². The molecule has 1 atom stereocenters. The molecule has 2 N–H and O–H groups in total. The lowest BCUT2D eigenvalue weighted by Crippen LogP contribution is -2.33. The largest absolute Gasteiger partial charge is 0.493 e. The summed E-state index contributed by atoms with van der Waals surface area (Å²) in [5, 5.41) is 0. The number of carbonyl (C=O) groups is 1. The molecule has 25 heavy (non-hydrogen) atoms. The van der Waals surface area contributed by atoms with Gasteiger partial charge in [0.05, 0.1) is 21.3 Å². The van der Waals surface area contributed by atoms with Gasteiger partial charge in [0.1, 0.15) is 18.4 Å². The maximum Gasteiger partial charge on any atom is 0.322 e. The van der Waals surface area contributed by atoms with Crippen molar-refractivity contribution in [1.29, 1.82) is 0 Å². The second-order valence-electron chi connectivity index (χ2n) is 5.42. The van der Waals surface area contributed by atoms with Crippen molar-refractivity contribution in [2.45, 2.75) is 19.1 Å². The van der Waals surface area contributed by atoms with Crippen molar-refractivity contribution in [3.63, 3.8) is 0 Å². The minimum atomic E-state index is -0.790. The Morgan fingerprint density at radius 3 is 2.24 bits per heavy atom. The maximum absolute atomic E-state index is 11.6. The number of esters is 1. The summed E-state index contributed by atoms with van der Waals surface area (Å²) in [4.78, 5) is 11.6. The zero-order valence-corrected chi connectivity index (χ0v) is 14.7. The smallest absolute Gasteiger partial charge is 0.322 e. The third-order valence-corrected chi connectivity index (χ3v) is 3.75. The van der Waals surface area contributed by atoms with Crippen LogP contribution in [0.5, 0.6) is 17.2 Å². The number of benzene rings is 2. The molecule has 0 radical (unpaired) electrons. The summed E-state index contributed by atoms with van der Waals surface area (Å²) >= 11 is 0. The van der Waals surface area contributed by atoms with Gasteiger partial charge in [-0.25, -0.2) is 0 Å². The van der Waals surface area contributed by atoms with E-state index in [0.29, 0.717) is 23.9 Å². The fraction of sp³-hybridized carbons (Fsp3) is 0.316. The van der Waals surface area contributed by atoms with Gasteiger partial charge in [0.25, 0.3) is 0 Å². The number of hydrogen-bond acceptors (Lipinski definition) is 6. The van der Waals surface area contributed by atoms with E-state index in [2.05, 4.69) is 0 Å². The minimum absolute atomic E-state index is 0.261. The Kier molecular flexibility index (Phi) is 6.65. The molecule has 6 nitrogen and oxygen atoms in total. The molecule has 0 spiro atoms. The van der Waals surface area contributed by atoms with Crippen LogP contribution in [0.1, 0.15) is 11.1 Å². The molecule has 2 aromatic rings. The molecule has 0 aromatic heterocycles. The molecule has 2 aromatic carbocycles. The van der Waals surface area contributed by atoms with Gasteiger partial charge in [-0.2, -0.15) is 0 Å². The third-order valence-electron chi connectivity index (χ3n) is 3.75. The number of carbonyl (C=O) groups excluding carboxylic acids is 1. The lowest BCUT2D eigenvalue weighted by Gasteiger charge is -2.17. The van der Waals surface area contributed by atoms with E-state index in [-0.39, 0.29) is 6.42 Å². The zero-order valence-electron chi connectivity index (χ0n) is 14.7. The zero-order chi connectivity index (χ0) is 18.2. The van der Waals surface area contributed by atoms with Crippen LogP contribution in [0, 0.1) is 0 Å². The van der Waals surface area contributed by atoms with E-state index in [1.165, 1.54) is 7.11 Å². The molecule has 2 rings (SSSR count). The van der Waals surface area contributed by atoms with E-state index in [9.17, 15) is 4.79 Å². The summed E-state index contributed by atoms with van der Waals surface area (Å²) in [6.45, 7) is 0.386. The van der Waals surface area contributed by atoms with E-state index >= 15 is 0 Å². The van der Waals surface area contributed by atoms with Crippen LogP contribution < -0.4 is 19.9 Å².